The Morgan fingerprint density at radius 1 is 1.61 bits per heavy atom. The van der Waals surface area contributed by atoms with Gasteiger partial charge < -0.3 is 15.0 Å². The Balaban J connectivity index is 2.23. The van der Waals surface area contributed by atoms with Gasteiger partial charge in [-0.3, -0.25) is 4.79 Å². The minimum atomic E-state index is 0.0833. The van der Waals surface area contributed by atoms with E-state index in [0.717, 1.165) is 38.9 Å². The predicted molar refractivity (Wildman–Crippen MR) is 68.9 cm³/mol. The molecule has 0 spiro atoms. The van der Waals surface area contributed by atoms with Gasteiger partial charge in [-0.05, 0) is 25.8 Å². The second-order valence-electron chi connectivity index (χ2n) is 4.69. The fourth-order valence-electron chi connectivity index (χ4n) is 2.25. The molecule has 0 bridgehead atoms. The zero-order valence-corrected chi connectivity index (χ0v) is 11.2. The van der Waals surface area contributed by atoms with Crippen molar-refractivity contribution < 1.29 is 9.53 Å². The number of likely N-dealkylation sites (tertiary alicyclic amines) is 1. The third-order valence-corrected chi connectivity index (χ3v) is 3.24. The lowest BCUT2D eigenvalue weighted by molar-refractivity contribution is -0.126. The fourth-order valence-corrected chi connectivity index (χ4v) is 2.25. The SMILES string of the molecule is COCCCNC(=O)C1CCCN(CCC#N)C1. The average molecular weight is 253 g/mol. The van der Waals surface area contributed by atoms with Crippen LogP contribution in [0.5, 0.6) is 0 Å². The number of rotatable bonds is 7. The molecule has 1 amide bonds. The molecule has 0 aromatic heterocycles. The minimum absolute atomic E-state index is 0.0833. The van der Waals surface area contributed by atoms with Gasteiger partial charge in [0, 0.05) is 39.8 Å². The summed E-state index contributed by atoms with van der Waals surface area (Å²) in [5.74, 6) is 0.229. The summed E-state index contributed by atoms with van der Waals surface area (Å²) in [6.07, 6.45) is 3.40. The van der Waals surface area contributed by atoms with E-state index in [1.54, 1.807) is 7.11 Å². The van der Waals surface area contributed by atoms with Gasteiger partial charge in [-0.2, -0.15) is 5.26 Å². The van der Waals surface area contributed by atoms with Gasteiger partial charge in [-0.1, -0.05) is 0 Å². The molecule has 5 heteroatoms. The average Bonchev–Trinajstić information content (AvgIpc) is 2.41. The normalized spacial score (nSPS) is 20.3. The molecule has 18 heavy (non-hydrogen) atoms. The highest BCUT2D eigenvalue weighted by Crippen LogP contribution is 2.16. The van der Waals surface area contributed by atoms with Crippen LogP contribution in [0.1, 0.15) is 25.7 Å². The molecule has 1 N–H and O–H groups in total. The van der Waals surface area contributed by atoms with Gasteiger partial charge in [0.1, 0.15) is 0 Å². The molecule has 0 aliphatic carbocycles. The molecule has 1 fully saturated rings. The largest absolute Gasteiger partial charge is 0.385 e. The van der Waals surface area contributed by atoms with Crippen LogP contribution in [0.15, 0.2) is 0 Å². The van der Waals surface area contributed by atoms with E-state index in [-0.39, 0.29) is 11.8 Å². The van der Waals surface area contributed by atoms with Gasteiger partial charge >= 0.3 is 0 Å². The van der Waals surface area contributed by atoms with Crippen LogP contribution >= 0.6 is 0 Å². The summed E-state index contributed by atoms with van der Waals surface area (Å²) in [6, 6.07) is 2.15. The molecule has 1 atom stereocenters. The second kappa shape index (κ2) is 8.90. The number of carbonyl (C=O) groups is 1. The van der Waals surface area contributed by atoms with E-state index >= 15 is 0 Å². The first-order chi connectivity index (χ1) is 8.77. The first-order valence-corrected chi connectivity index (χ1v) is 6.64. The number of methoxy groups -OCH3 is 1. The fraction of sp³-hybridized carbons (Fsp3) is 0.846. The summed E-state index contributed by atoms with van der Waals surface area (Å²) in [6.45, 7) is 3.94. The zero-order chi connectivity index (χ0) is 13.2. The monoisotopic (exact) mass is 253 g/mol. The van der Waals surface area contributed by atoms with Crippen LogP contribution in [0.25, 0.3) is 0 Å². The molecular formula is C13H23N3O2. The maximum atomic E-state index is 11.9. The Morgan fingerprint density at radius 3 is 3.17 bits per heavy atom. The molecule has 1 unspecified atom stereocenters. The number of nitrogens with zero attached hydrogens (tertiary/aromatic N) is 2. The van der Waals surface area contributed by atoms with Gasteiger partial charge in [0.15, 0.2) is 0 Å². The van der Waals surface area contributed by atoms with Crippen LogP contribution in [-0.4, -0.2) is 50.7 Å². The van der Waals surface area contributed by atoms with E-state index in [1.165, 1.54) is 0 Å². The molecule has 0 saturated carbocycles. The molecule has 0 aromatic rings. The van der Waals surface area contributed by atoms with E-state index in [0.29, 0.717) is 19.6 Å². The summed E-state index contributed by atoms with van der Waals surface area (Å²) in [4.78, 5) is 14.2. The Labute approximate surface area is 109 Å². The maximum Gasteiger partial charge on any atom is 0.224 e. The number of nitriles is 1. The summed E-state index contributed by atoms with van der Waals surface area (Å²) in [7, 11) is 1.66. The van der Waals surface area contributed by atoms with Crippen molar-refractivity contribution in [2.45, 2.75) is 25.7 Å². The maximum absolute atomic E-state index is 11.9. The summed E-state index contributed by atoms with van der Waals surface area (Å²) < 4.78 is 4.94. The standard InChI is InChI=1S/C13H23N3O2/c1-18-10-4-7-15-13(17)12-5-2-8-16(11-12)9-3-6-14/h12H,2-5,7-11H2,1H3,(H,15,17). The van der Waals surface area contributed by atoms with Gasteiger partial charge in [-0.25, -0.2) is 0 Å². The van der Waals surface area contributed by atoms with Crippen molar-refractivity contribution in [2.24, 2.45) is 5.92 Å². The van der Waals surface area contributed by atoms with Crippen LogP contribution in [-0.2, 0) is 9.53 Å². The Bertz CT molecular complexity index is 288. The summed E-state index contributed by atoms with van der Waals surface area (Å²) in [5, 5.41) is 11.5. The van der Waals surface area contributed by atoms with Crippen molar-refractivity contribution in [3.8, 4) is 6.07 Å². The van der Waals surface area contributed by atoms with Gasteiger partial charge in [0.25, 0.3) is 0 Å². The predicted octanol–water partition coefficient (Wildman–Crippen LogP) is 0.765. The number of nitrogens with one attached hydrogen (secondary N) is 1. The Kier molecular flexibility index (Phi) is 7.38. The number of hydrogen-bond acceptors (Lipinski definition) is 4. The highest BCUT2D eigenvalue weighted by molar-refractivity contribution is 5.78. The van der Waals surface area contributed by atoms with E-state index in [1.807, 2.05) is 0 Å². The van der Waals surface area contributed by atoms with Crippen molar-refractivity contribution in [3.63, 3.8) is 0 Å². The van der Waals surface area contributed by atoms with Gasteiger partial charge in [0.2, 0.25) is 5.91 Å². The third kappa shape index (κ3) is 5.48. The van der Waals surface area contributed by atoms with E-state index in [4.69, 9.17) is 10.00 Å². The van der Waals surface area contributed by atoms with Crippen LogP contribution in [0.2, 0.25) is 0 Å². The first-order valence-electron chi connectivity index (χ1n) is 6.64. The molecule has 1 saturated heterocycles. The van der Waals surface area contributed by atoms with E-state index in [9.17, 15) is 4.79 Å². The molecule has 0 aromatic carbocycles. The van der Waals surface area contributed by atoms with Crippen LogP contribution in [0, 0.1) is 17.2 Å². The van der Waals surface area contributed by atoms with Crippen LogP contribution < -0.4 is 5.32 Å². The van der Waals surface area contributed by atoms with Crippen molar-refractivity contribution in [3.05, 3.63) is 0 Å². The van der Waals surface area contributed by atoms with Crippen molar-refractivity contribution >= 4 is 5.91 Å². The molecule has 0 radical (unpaired) electrons. The number of hydrogen-bond donors (Lipinski definition) is 1. The highest BCUT2D eigenvalue weighted by Gasteiger charge is 2.24. The summed E-state index contributed by atoms with van der Waals surface area (Å²) >= 11 is 0. The quantitative estimate of drug-likeness (QED) is 0.680. The molecular weight excluding hydrogens is 230 g/mol. The molecule has 102 valence electrons. The minimum Gasteiger partial charge on any atom is -0.385 e. The van der Waals surface area contributed by atoms with E-state index in [2.05, 4.69) is 16.3 Å². The molecule has 5 nitrogen and oxygen atoms in total. The molecule has 1 rings (SSSR count). The Morgan fingerprint density at radius 2 is 2.44 bits per heavy atom. The second-order valence-corrected chi connectivity index (χ2v) is 4.69. The van der Waals surface area contributed by atoms with Crippen molar-refractivity contribution in [2.75, 3.05) is 39.9 Å². The topological polar surface area (TPSA) is 65.4 Å². The number of amides is 1. The lowest BCUT2D eigenvalue weighted by atomic mass is 9.97. The van der Waals surface area contributed by atoms with Crippen LogP contribution in [0.3, 0.4) is 0 Å². The molecule has 1 heterocycles. The molecule has 1 aliphatic heterocycles. The van der Waals surface area contributed by atoms with Crippen molar-refractivity contribution in [1.82, 2.24) is 10.2 Å². The lowest BCUT2D eigenvalue weighted by Crippen LogP contribution is -2.43. The summed E-state index contributed by atoms with van der Waals surface area (Å²) in [5.41, 5.74) is 0. The van der Waals surface area contributed by atoms with Gasteiger partial charge in [-0.15, -0.1) is 0 Å². The number of ether oxygens (including phenoxy) is 1. The number of carbonyl (C=O) groups excluding carboxylic acids is 1. The van der Waals surface area contributed by atoms with Crippen molar-refractivity contribution in [1.29, 1.82) is 5.26 Å². The highest BCUT2D eigenvalue weighted by atomic mass is 16.5. The molecule has 1 aliphatic rings. The lowest BCUT2D eigenvalue weighted by Gasteiger charge is -2.31. The smallest absolute Gasteiger partial charge is 0.224 e. The van der Waals surface area contributed by atoms with E-state index < -0.39 is 0 Å². The zero-order valence-electron chi connectivity index (χ0n) is 11.2. The van der Waals surface area contributed by atoms with Crippen LogP contribution in [0.4, 0.5) is 0 Å². The van der Waals surface area contributed by atoms with Gasteiger partial charge in [0.05, 0.1) is 12.0 Å². The third-order valence-electron chi connectivity index (χ3n) is 3.24. The first kappa shape index (κ1) is 14.9. The Hall–Kier alpha value is -1.12. The number of piperidine rings is 1.